The molecule has 1 unspecified atom stereocenters. The number of hydrogen-bond donors (Lipinski definition) is 2. The van der Waals surface area contributed by atoms with E-state index < -0.39 is 35.1 Å². The predicted octanol–water partition coefficient (Wildman–Crippen LogP) is 3.28. The first-order valence-electron chi connectivity index (χ1n) is 10.4. The smallest absolute Gasteiger partial charge is 0.312 e. The van der Waals surface area contributed by atoms with Gasteiger partial charge in [0.25, 0.3) is 0 Å². The molecular formula is C25H22BrNO6. The maximum Gasteiger partial charge on any atom is 0.312 e. The molecule has 2 aliphatic rings. The number of esters is 1. The van der Waals surface area contributed by atoms with E-state index in [4.69, 9.17) is 14.2 Å². The molecule has 1 saturated carbocycles. The molecule has 33 heavy (non-hydrogen) atoms. The van der Waals surface area contributed by atoms with Crippen LogP contribution in [0.3, 0.4) is 0 Å². The van der Waals surface area contributed by atoms with Crippen LogP contribution in [0.2, 0.25) is 0 Å². The Balaban J connectivity index is 1.89. The maximum atomic E-state index is 13.1. The van der Waals surface area contributed by atoms with Gasteiger partial charge in [-0.3, -0.25) is 9.78 Å². The van der Waals surface area contributed by atoms with Gasteiger partial charge in [0.15, 0.2) is 11.2 Å². The summed E-state index contributed by atoms with van der Waals surface area (Å²) in [5, 5.41) is 24.2. The lowest BCUT2D eigenvalue weighted by molar-refractivity contribution is -0.161. The molecule has 0 saturated heterocycles. The Morgan fingerprint density at radius 3 is 2.42 bits per heavy atom. The van der Waals surface area contributed by atoms with Crippen molar-refractivity contribution in [3.8, 4) is 11.5 Å². The number of hydrogen-bond acceptors (Lipinski definition) is 7. The Hall–Kier alpha value is -2.94. The fourth-order valence-corrected chi connectivity index (χ4v) is 5.75. The average Bonchev–Trinajstić information content (AvgIpc) is 3.22. The van der Waals surface area contributed by atoms with Crippen LogP contribution in [-0.4, -0.2) is 41.5 Å². The van der Waals surface area contributed by atoms with Crippen molar-refractivity contribution in [2.75, 3.05) is 14.2 Å². The molecule has 8 heteroatoms. The summed E-state index contributed by atoms with van der Waals surface area (Å²) in [4.78, 5) is 17.3. The van der Waals surface area contributed by atoms with E-state index in [1.165, 1.54) is 26.6 Å². The number of ether oxygens (including phenoxy) is 3. The number of benzene rings is 2. The number of aliphatic hydroxyl groups is 2. The minimum atomic E-state index is -2.04. The number of aromatic nitrogens is 1. The van der Waals surface area contributed by atoms with Crippen molar-refractivity contribution in [1.82, 2.24) is 4.98 Å². The van der Waals surface area contributed by atoms with Crippen molar-refractivity contribution in [3.05, 3.63) is 88.2 Å². The van der Waals surface area contributed by atoms with Crippen LogP contribution < -0.4 is 9.47 Å². The van der Waals surface area contributed by atoms with E-state index in [1.54, 1.807) is 0 Å². The highest BCUT2D eigenvalue weighted by molar-refractivity contribution is 9.10. The Morgan fingerprint density at radius 1 is 1.09 bits per heavy atom. The van der Waals surface area contributed by atoms with Crippen molar-refractivity contribution >= 4 is 21.9 Å². The van der Waals surface area contributed by atoms with E-state index in [0.717, 1.165) is 4.47 Å². The molecule has 0 bridgehead atoms. The summed E-state index contributed by atoms with van der Waals surface area (Å²) in [7, 11) is 2.72. The molecule has 2 aromatic carbocycles. The second kappa shape index (κ2) is 7.83. The summed E-state index contributed by atoms with van der Waals surface area (Å²) in [5.41, 5.74) is -2.05. The van der Waals surface area contributed by atoms with Crippen molar-refractivity contribution in [2.45, 2.75) is 23.2 Å². The molecule has 0 radical (unpaired) electrons. The zero-order valence-electron chi connectivity index (χ0n) is 17.9. The third kappa shape index (κ3) is 2.81. The van der Waals surface area contributed by atoms with Gasteiger partial charge in [0.1, 0.15) is 17.6 Å². The normalized spacial score (nSPS) is 29.7. The van der Waals surface area contributed by atoms with Crippen LogP contribution in [0, 0.1) is 5.92 Å². The molecule has 0 amide bonds. The Bertz CT molecular complexity index is 1200. The van der Waals surface area contributed by atoms with E-state index in [1.807, 2.05) is 54.6 Å². The maximum absolute atomic E-state index is 13.1. The third-order valence-electron chi connectivity index (χ3n) is 6.79. The van der Waals surface area contributed by atoms with Crippen molar-refractivity contribution < 1.29 is 29.2 Å². The van der Waals surface area contributed by atoms with Gasteiger partial charge in [0.05, 0.1) is 38.1 Å². The molecule has 2 heterocycles. The summed E-state index contributed by atoms with van der Waals surface area (Å²) in [6.07, 6.45) is 1.38. The number of methoxy groups -OCH3 is 2. The highest BCUT2D eigenvalue weighted by Crippen LogP contribution is 2.69. The van der Waals surface area contributed by atoms with E-state index in [2.05, 4.69) is 20.9 Å². The lowest BCUT2D eigenvalue weighted by Crippen LogP contribution is -2.52. The van der Waals surface area contributed by atoms with Gasteiger partial charge in [-0.2, -0.15) is 0 Å². The van der Waals surface area contributed by atoms with E-state index in [-0.39, 0.29) is 17.1 Å². The van der Waals surface area contributed by atoms with Crippen molar-refractivity contribution in [2.24, 2.45) is 5.92 Å². The molecular weight excluding hydrogens is 490 g/mol. The van der Waals surface area contributed by atoms with Gasteiger partial charge in [0.2, 0.25) is 0 Å². The van der Waals surface area contributed by atoms with E-state index in [9.17, 15) is 15.0 Å². The Morgan fingerprint density at radius 2 is 1.79 bits per heavy atom. The number of pyridine rings is 1. The van der Waals surface area contributed by atoms with Crippen LogP contribution in [0.5, 0.6) is 11.5 Å². The molecule has 1 fully saturated rings. The molecule has 1 aromatic heterocycles. The Kier molecular flexibility index (Phi) is 5.19. The lowest BCUT2D eigenvalue weighted by Gasteiger charge is -2.40. The second-order valence-corrected chi connectivity index (χ2v) is 9.12. The summed E-state index contributed by atoms with van der Waals surface area (Å²) >= 11 is 3.45. The monoisotopic (exact) mass is 511 g/mol. The molecule has 1 aliphatic carbocycles. The average molecular weight is 512 g/mol. The molecule has 3 aromatic rings. The van der Waals surface area contributed by atoms with Gasteiger partial charge in [-0.15, -0.1) is 0 Å². The van der Waals surface area contributed by atoms with Crippen LogP contribution in [-0.2, 0) is 20.7 Å². The highest BCUT2D eigenvalue weighted by Gasteiger charge is 2.78. The molecule has 2 N–H and O–H groups in total. The van der Waals surface area contributed by atoms with Crippen LogP contribution in [0.1, 0.15) is 22.6 Å². The summed E-state index contributed by atoms with van der Waals surface area (Å²) in [6, 6.07) is 16.5. The van der Waals surface area contributed by atoms with E-state index >= 15 is 0 Å². The largest absolute Gasteiger partial charge is 0.495 e. The summed E-state index contributed by atoms with van der Waals surface area (Å²) in [6.45, 7) is 0. The number of carbonyl (C=O) groups is 1. The number of aliphatic hydroxyl groups excluding tert-OH is 1. The SMILES string of the molecule is COC(=O)[C@@H]1C(c2ccccc2)[C@]2(c3ccc(Br)cc3)Oc3cncc(OC)c3[C@]2(O)[C@@H]1O. The Labute approximate surface area is 199 Å². The molecule has 0 spiro atoms. The van der Waals surface area contributed by atoms with Gasteiger partial charge in [0, 0.05) is 10.4 Å². The van der Waals surface area contributed by atoms with E-state index in [0.29, 0.717) is 11.1 Å². The summed E-state index contributed by atoms with van der Waals surface area (Å²) in [5.74, 6) is -2.01. The lowest BCUT2D eigenvalue weighted by atomic mass is 9.70. The minimum absolute atomic E-state index is 0.253. The van der Waals surface area contributed by atoms with Gasteiger partial charge in [-0.25, -0.2) is 0 Å². The zero-order chi connectivity index (χ0) is 23.4. The molecule has 5 atom stereocenters. The predicted molar refractivity (Wildman–Crippen MR) is 122 cm³/mol. The van der Waals surface area contributed by atoms with Crippen molar-refractivity contribution in [1.29, 1.82) is 0 Å². The first-order valence-corrected chi connectivity index (χ1v) is 11.2. The number of fused-ring (bicyclic) bond motifs is 3. The molecule has 1 aliphatic heterocycles. The van der Waals surface area contributed by atoms with Gasteiger partial charge in [-0.1, -0.05) is 58.4 Å². The zero-order valence-corrected chi connectivity index (χ0v) is 19.5. The topological polar surface area (TPSA) is 98.1 Å². The number of halogens is 1. The molecule has 7 nitrogen and oxygen atoms in total. The van der Waals surface area contributed by atoms with Crippen LogP contribution in [0.15, 0.2) is 71.5 Å². The highest BCUT2D eigenvalue weighted by atomic mass is 79.9. The van der Waals surface area contributed by atoms with Crippen LogP contribution in [0.25, 0.3) is 0 Å². The fraction of sp³-hybridized carbons (Fsp3) is 0.280. The van der Waals surface area contributed by atoms with Gasteiger partial charge in [-0.05, 0) is 23.3 Å². The van der Waals surface area contributed by atoms with Gasteiger partial charge < -0.3 is 24.4 Å². The van der Waals surface area contributed by atoms with Crippen LogP contribution in [0.4, 0.5) is 0 Å². The first kappa shape index (κ1) is 21.9. The van der Waals surface area contributed by atoms with Crippen LogP contribution >= 0.6 is 15.9 Å². The quantitative estimate of drug-likeness (QED) is 0.518. The second-order valence-electron chi connectivity index (χ2n) is 8.21. The van der Waals surface area contributed by atoms with Crippen molar-refractivity contribution in [3.63, 3.8) is 0 Å². The third-order valence-corrected chi connectivity index (χ3v) is 7.31. The van der Waals surface area contributed by atoms with Gasteiger partial charge >= 0.3 is 5.97 Å². The molecule has 170 valence electrons. The number of carbonyl (C=O) groups excluding carboxylic acids is 1. The molecule has 5 rings (SSSR count). The number of nitrogens with zero attached hydrogens (tertiary/aromatic N) is 1. The number of rotatable bonds is 4. The summed E-state index contributed by atoms with van der Waals surface area (Å²) < 4.78 is 18.0. The fourth-order valence-electron chi connectivity index (χ4n) is 5.49. The standard InChI is InChI=1S/C25H22BrNO6/c1-31-17-12-27-13-18-21(17)24(30)22(28)19(23(29)32-2)20(14-6-4-3-5-7-14)25(24,33-18)15-8-10-16(26)11-9-15/h3-13,19-20,22,28,30H,1-2H3/t19-,20?,22-,24+,25+/m1/s1. The minimum Gasteiger partial charge on any atom is -0.495 e. The first-order chi connectivity index (χ1) is 15.9.